The van der Waals surface area contributed by atoms with Crippen LogP contribution in [0.25, 0.3) is 0 Å². The summed E-state index contributed by atoms with van der Waals surface area (Å²) in [6, 6.07) is 15.5. The summed E-state index contributed by atoms with van der Waals surface area (Å²) in [5, 5.41) is 1.86. The minimum atomic E-state index is -0.617. The Morgan fingerprint density at radius 1 is 1.03 bits per heavy atom. The zero-order valence-electron chi connectivity index (χ0n) is 16.3. The van der Waals surface area contributed by atoms with Crippen molar-refractivity contribution in [2.45, 2.75) is 20.4 Å². The van der Waals surface area contributed by atoms with E-state index in [1.54, 1.807) is 6.07 Å². The van der Waals surface area contributed by atoms with Crippen LogP contribution in [0.3, 0.4) is 0 Å². The molecule has 1 heterocycles. The van der Waals surface area contributed by atoms with Crippen molar-refractivity contribution in [2.75, 3.05) is 13.2 Å². The molecule has 0 N–H and O–H groups in total. The van der Waals surface area contributed by atoms with Gasteiger partial charge in [0, 0.05) is 18.1 Å². The van der Waals surface area contributed by atoms with Crippen LogP contribution in [0.4, 0.5) is 0 Å². The van der Waals surface area contributed by atoms with E-state index >= 15 is 0 Å². The number of esters is 1. The van der Waals surface area contributed by atoms with Crippen LogP contribution < -0.4 is 9.54 Å². The maximum Gasteiger partial charge on any atom is 0.344 e. The largest absolute Gasteiger partial charge is 0.482 e. The van der Waals surface area contributed by atoms with Gasteiger partial charge in [0.05, 0.1) is 0 Å². The fourth-order valence-corrected chi connectivity index (χ4v) is 3.31. The average Bonchev–Trinajstić information content (AvgIpc) is 3.13. The fourth-order valence-electron chi connectivity index (χ4n) is 2.57. The van der Waals surface area contributed by atoms with Gasteiger partial charge in [-0.15, -0.1) is 11.3 Å². The van der Waals surface area contributed by atoms with Gasteiger partial charge in [0.1, 0.15) is 5.75 Å². The Morgan fingerprint density at radius 3 is 2.59 bits per heavy atom. The molecule has 0 saturated carbocycles. The van der Waals surface area contributed by atoms with E-state index in [4.69, 9.17) is 9.47 Å². The second-order valence-corrected chi connectivity index (χ2v) is 7.44. The van der Waals surface area contributed by atoms with Gasteiger partial charge in [0.2, 0.25) is 0 Å². The highest BCUT2D eigenvalue weighted by Gasteiger charge is 2.09. The number of benzene rings is 2. The Hall–Kier alpha value is -3.19. The Bertz CT molecular complexity index is 1050. The predicted octanol–water partition coefficient (Wildman–Crippen LogP) is 3.26. The van der Waals surface area contributed by atoms with E-state index in [1.165, 1.54) is 16.9 Å². The highest BCUT2D eigenvalue weighted by molar-refractivity contribution is 7.07. The van der Waals surface area contributed by atoms with Crippen LogP contribution in [0.15, 0.2) is 65.1 Å². The molecule has 3 rings (SSSR count). The van der Waals surface area contributed by atoms with Gasteiger partial charge in [-0.1, -0.05) is 42.0 Å². The van der Waals surface area contributed by atoms with Gasteiger partial charge in [-0.2, -0.15) is 4.99 Å². The van der Waals surface area contributed by atoms with Crippen LogP contribution in [-0.2, 0) is 20.9 Å². The number of carbonyl (C=O) groups is 2. The molecule has 0 aliphatic carbocycles. The molecule has 1 amide bonds. The van der Waals surface area contributed by atoms with Crippen molar-refractivity contribution in [1.29, 1.82) is 0 Å². The van der Waals surface area contributed by atoms with Crippen LogP contribution in [-0.4, -0.2) is 29.7 Å². The van der Waals surface area contributed by atoms with Crippen LogP contribution in [0, 0.1) is 13.8 Å². The molecule has 0 bridgehead atoms. The third-order valence-corrected chi connectivity index (χ3v) is 4.85. The first-order valence-electron chi connectivity index (χ1n) is 9.12. The molecule has 0 atom stereocenters. The molecule has 0 aliphatic heterocycles. The van der Waals surface area contributed by atoms with E-state index in [0.717, 1.165) is 11.1 Å². The lowest BCUT2D eigenvalue weighted by atomic mass is 10.1. The van der Waals surface area contributed by atoms with Crippen LogP contribution in [0.1, 0.15) is 16.7 Å². The summed E-state index contributed by atoms with van der Waals surface area (Å²) in [7, 11) is 0. The van der Waals surface area contributed by atoms with E-state index in [9.17, 15) is 9.59 Å². The zero-order valence-corrected chi connectivity index (χ0v) is 17.1. The molecule has 0 radical (unpaired) electrons. The highest BCUT2D eigenvalue weighted by atomic mass is 32.1. The topological polar surface area (TPSA) is 69.9 Å². The second kappa shape index (κ2) is 9.84. The molecule has 2 aromatic carbocycles. The minimum absolute atomic E-state index is 0.261. The summed E-state index contributed by atoms with van der Waals surface area (Å²) in [6.45, 7) is 3.90. The van der Waals surface area contributed by atoms with Crippen molar-refractivity contribution < 1.29 is 19.1 Å². The number of carbonyl (C=O) groups excluding carboxylic acids is 2. The third kappa shape index (κ3) is 6.43. The number of hydrogen-bond acceptors (Lipinski definition) is 5. The lowest BCUT2D eigenvalue weighted by Crippen LogP contribution is -2.22. The summed E-state index contributed by atoms with van der Waals surface area (Å²) in [4.78, 5) is 28.5. The summed E-state index contributed by atoms with van der Waals surface area (Å²) in [6.07, 6.45) is 1.87. The molecule has 150 valence electrons. The third-order valence-electron chi connectivity index (χ3n) is 4.06. The number of hydrogen-bond donors (Lipinski definition) is 0. The molecule has 7 heteroatoms. The Kier molecular flexibility index (Phi) is 6.97. The molecular weight excluding hydrogens is 388 g/mol. The van der Waals surface area contributed by atoms with Gasteiger partial charge in [0.25, 0.3) is 5.91 Å². The zero-order chi connectivity index (χ0) is 20.6. The molecule has 6 nitrogen and oxygen atoms in total. The highest BCUT2D eigenvalue weighted by Crippen LogP contribution is 2.12. The quantitative estimate of drug-likeness (QED) is 0.561. The normalized spacial score (nSPS) is 11.3. The molecule has 1 aromatic heterocycles. The molecule has 0 spiro atoms. The van der Waals surface area contributed by atoms with E-state index < -0.39 is 18.5 Å². The van der Waals surface area contributed by atoms with Crippen LogP contribution in [0.2, 0.25) is 0 Å². The molecule has 0 saturated heterocycles. The summed E-state index contributed by atoms with van der Waals surface area (Å²) >= 11 is 1.35. The average molecular weight is 410 g/mol. The van der Waals surface area contributed by atoms with Gasteiger partial charge < -0.3 is 14.0 Å². The first-order valence-corrected chi connectivity index (χ1v) is 10.00. The number of nitrogens with zero attached hydrogens (tertiary/aromatic N) is 2. The molecule has 0 unspecified atom stereocenters. The van der Waals surface area contributed by atoms with Crippen molar-refractivity contribution in [2.24, 2.45) is 4.99 Å². The number of amides is 1. The van der Waals surface area contributed by atoms with Gasteiger partial charge in [-0.25, -0.2) is 4.79 Å². The van der Waals surface area contributed by atoms with Crippen molar-refractivity contribution >= 4 is 23.2 Å². The molecule has 0 aliphatic rings. The van der Waals surface area contributed by atoms with Gasteiger partial charge >= 0.3 is 5.97 Å². The number of rotatable bonds is 7. The molecular formula is C22H22N2O4S. The van der Waals surface area contributed by atoms with E-state index in [2.05, 4.69) is 4.99 Å². The molecule has 29 heavy (non-hydrogen) atoms. The second-order valence-electron chi connectivity index (χ2n) is 6.57. The monoisotopic (exact) mass is 410 g/mol. The maximum atomic E-state index is 12.1. The fraction of sp³-hybridized carbons (Fsp3) is 0.227. The summed E-state index contributed by atoms with van der Waals surface area (Å²) in [5.74, 6) is -0.559. The standard InChI is InChI=1S/C22H22N2O4S/c1-16-6-8-18(9-7-16)13-24-10-11-29-22(24)23-20(25)14-28-21(26)15-27-19-5-3-4-17(2)12-19/h3-12H,13-15H2,1-2H3. The van der Waals surface area contributed by atoms with Gasteiger partial charge in [-0.3, -0.25) is 4.79 Å². The lowest BCUT2D eigenvalue weighted by molar-refractivity contribution is -0.149. The number of aryl methyl sites for hydroxylation is 2. The number of aromatic nitrogens is 1. The van der Waals surface area contributed by atoms with Crippen molar-refractivity contribution in [3.63, 3.8) is 0 Å². The van der Waals surface area contributed by atoms with E-state index in [-0.39, 0.29) is 6.61 Å². The molecule has 0 fully saturated rings. The van der Waals surface area contributed by atoms with Gasteiger partial charge in [-0.05, 0) is 37.1 Å². The van der Waals surface area contributed by atoms with E-state index in [1.807, 2.05) is 72.5 Å². The van der Waals surface area contributed by atoms with Gasteiger partial charge in [0.15, 0.2) is 18.0 Å². The summed E-state index contributed by atoms with van der Waals surface area (Å²) < 4.78 is 12.2. The molecule has 3 aromatic rings. The Morgan fingerprint density at radius 2 is 1.83 bits per heavy atom. The number of ether oxygens (including phenoxy) is 2. The first kappa shape index (κ1) is 20.5. The van der Waals surface area contributed by atoms with Crippen molar-refractivity contribution in [3.8, 4) is 5.75 Å². The maximum absolute atomic E-state index is 12.1. The predicted molar refractivity (Wildman–Crippen MR) is 111 cm³/mol. The summed E-state index contributed by atoms with van der Waals surface area (Å²) in [5.41, 5.74) is 3.33. The SMILES string of the molecule is Cc1ccc(Cn2ccsc2=NC(=O)COC(=O)COc2cccc(C)c2)cc1. The van der Waals surface area contributed by atoms with Crippen LogP contribution >= 0.6 is 11.3 Å². The number of thiazole rings is 1. The lowest BCUT2D eigenvalue weighted by Gasteiger charge is -2.06. The van der Waals surface area contributed by atoms with Crippen molar-refractivity contribution in [1.82, 2.24) is 4.57 Å². The minimum Gasteiger partial charge on any atom is -0.482 e. The Balaban J connectivity index is 1.52. The first-order chi connectivity index (χ1) is 14.0. The van der Waals surface area contributed by atoms with E-state index in [0.29, 0.717) is 17.1 Å². The van der Waals surface area contributed by atoms with Crippen molar-refractivity contribution in [3.05, 3.63) is 81.6 Å². The van der Waals surface area contributed by atoms with Crippen LogP contribution in [0.5, 0.6) is 5.75 Å². The smallest absolute Gasteiger partial charge is 0.344 e. The Labute approximate surface area is 173 Å².